The first kappa shape index (κ1) is 12.0. The Morgan fingerprint density at radius 1 is 1.12 bits per heavy atom. The smallest absolute Gasteiger partial charge is 0.0339 e. The topological polar surface area (TPSA) is 29.3 Å². The number of likely N-dealkylation sites (tertiary alicyclic amines) is 1. The van der Waals surface area contributed by atoms with Crippen molar-refractivity contribution in [1.82, 2.24) is 4.90 Å². The molecule has 98 valence electrons. The first-order valence-electron chi connectivity index (χ1n) is 7.72. The molecule has 0 aromatic rings. The molecule has 0 spiro atoms. The average Bonchev–Trinajstić information content (AvgIpc) is 2.34. The lowest BCUT2D eigenvalue weighted by atomic mass is 9.65. The van der Waals surface area contributed by atoms with Crippen LogP contribution in [0.5, 0.6) is 0 Å². The quantitative estimate of drug-likeness (QED) is 0.799. The lowest BCUT2D eigenvalue weighted by Gasteiger charge is -2.59. The molecule has 0 amide bonds. The van der Waals surface area contributed by atoms with Gasteiger partial charge in [0, 0.05) is 18.1 Å². The molecule has 2 nitrogen and oxygen atoms in total. The van der Waals surface area contributed by atoms with E-state index >= 15 is 0 Å². The van der Waals surface area contributed by atoms with Crippen LogP contribution in [-0.4, -0.2) is 29.6 Å². The van der Waals surface area contributed by atoms with Gasteiger partial charge in [0.05, 0.1) is 0 Å². The number of hydrogen-bond acceptors (Lipinski definition) is 2. The van der Waals surface area contributed by atoms with E-state index in [1.807, 2.05) is 0 Å². The lowest BCUT2D eigenvalue weighted by molar-refractivity contribution is -0.0839. The van der Waals surface area contributed by atoms with Crippen molar-refractivity contribution in [3.8, 4) is 0 Å². The lowest BCUT2D eigenvalue weighted by Crippen LogP contribution is -2.66. The summed E-state index contributed by atoms with van der Waals surface area (Å²) >= 11 is 0. The fourth-order valence-electron chi connectivity index (χ4n) is 4.97. The fraction of sp³-hybridized carbons (Fsp3) is 1.00. The predicted molar refractivity (Wildman–Crippen MR) is 71.9 cm³/mol. The van der Waals surface area contributed by atoms with Crippen LogP contribution in [0.25, 0.3) is 0 Å². The molecule has 1 saturated heterocycles. The molecular formula is C15H28N2. The maximum absolute atomic E-state index is 6.14. The van der Waals surface area contributed by atoms with Crippen molar-refractivity contribution in [2.75, 3.05) is 13.1 Å². The third-order valence-electron chi connectivity index (χ3n) is 5.69. The Labute approximate surface area is 106 Å². The van der Waals surface area contributed by atoms with E-state index in [9.17, 15) is 0 Å². The van der Waals surface area contributed by atoms with E-state index in [0.717, 1.165) is 24.4 Å². The van der Waals surface area contributed by atoms with Gasteiger partial charge in [-0.15, -0.1) is 0 Å². The van der Waals surface area contributed by atoms with E-state index in [1.165, 1.54) is 57.9 Å². The summed E-state index contributed by atoms with van der Waals surface area (Å²) in [6, 6.07) is 0.883. The summed E-state index contributed by atoms with van der Waals surface area (Å²) in [7, 11) is 0. The molecule has 3 aliphatic rings. The highest BCUT2D eigenvalue weighted by Crippen LogP contribution is 2.47. The summed E-state index contributed by atoms with van der Waals surface area (Å²) in [5.74, 6) is 1.90. The monoisotopic (exact) mass is 236 g/mol. The van der Waals surface area contributed by atoms with Gasteiger partial charge in [-0.05, 0) is 56.9 Å². The van der Waals surface area contributed by atoms with Gasteiger partial charge < -0.3 is 5.73 Å². The molecule has 2 atom stereocenters. The van der Waals surface area contributed by atoms with Crippen LogP contribution in [0, 0.1) is 11.8 Å². The van der Waals surface area contributed by atoms with E-state index in [0.29, 0.717) is 5.54 Å². The summed E-state index contributed by atoms with van der Waals surface area (Å²) in [5, 5.41) is 0. The van der Waals surface area contributed by atoms with Crippen LogP contribution >= 0.6 is 0 Å². The molecule has 0 radical (unpaired) electrons. The third-order valence-corrected chi connectivity index (χ3v) is 5.69. The molecular weight excluding hydrogens is 208 g/mol. The van der Waals surface area contributed by atoms with Crippen LogP contribution in [0.3, 0.4) is 0 Å². The molecule has 2 N–H and O–H groups in total. The van der Waals surface area contributed by atoms with Crippen molar-refractivity contribution in [1.29, 1.82) is 0 Å². The van der Waals surface area contributed by atoms with Gasteiger partial charge in [-0.1, -0.05) is 19.8 Å². The second-order valence-corrected chi connectivity index (χ2v) is 6.89. The number of nitrogens with two attached hydrogens (primary N) is 1. The first-order chi connectivity index (χ1) is 8.25. The maximum atomic E-state index is 6.14. The van der Waals surface area contributed by atoms with Gasteiger partial charge in [0.25, 0.3) is 0 Å². The van der Waals surface area contributed by atoms with Crippen molar-refractivity contribution in [2.24, 2.45) is 17.6 Å². The summed E-state index contributed by atoms with van der Waals surface area (Å²) in [5.41, 5.74) is 6.54. The molecule has 2 saturated carbocycles. The minimum atomic E-state index is 0.403. The van der Waals surface area contributed by atoms with Crippen molar-refractivity contribution in [3.05, 3.63) is 0 Å². The second-order valence-electron chi connectivity index (χ2n) is 6.89. The van der Waals surface area contributed by atoms with Crippen LogP contribution in [0.1, 0.15) is 58.3 Å². The van der Waals surface area contributed by atoms with Crippen LogP contribution in [0.15, 0.2) is 0 Å². The Morgan fingerprint density at radius 2 is 1.82 bits per heavy atom. The number of piperidine rings is 1. The minimum absolute atomic E-state index is 0.403. The van der Waals surface area contributed by atoms with Crippen LogP contribution in [0.4, 0.5) is 0 Å². The molecule has 1 aliphatic heterocycles. The van der Waals surface area contributed by atoms with Gasteiger partial charge in [-0.3, -0.25) is 4.90 Å². The highest BCUT2D eigenvalue weighted by atomic mass is 15.3. The average molecular weight is 236 g/mol. The van der Waals surface area contributed by atoms with Crippen LogP contribution in [0.2, 0.25) is 0 Å². The van der Waals surface area contributed by atoms with Gasteiger partial charge in [0.1, 0.15) is 0 Å². The van der Waals surface area contributed by atoms with E-state index < -0.39 is 0 Å². The maximum Gasteiger partial charge on any atom is 0.0339 e. The predicted octanol–water partition coefficient (Wildman–Crippen LogP) is 2.77. The molecule has 3 fully saturated rings. The van der Waals surface area contributed by atoms with E-state index in [2.05, 4.69) is 11.8 Å². The molecule has 0 bridgehead atoms. The Hall–Kier alpha value is -0.0800. The van der Waals surface area contributed by atoms with E-state index in [-0.39, 0.29) is 0 Å². The van der Waals surface area contributed by atoms with Crippen molar-refractivity contribution >= 4 is 0 Å². The highest BCUT2D eigenvalue weighted by Gasteiger charge is 2.50. The largest absolute Gasteiger partial charge is 0.329 e. The zero-order chi connectivity index (χ0) is 11.9. The molecule has 3 rings (SSSR count). The Morgan fingerprint density at radius 3 is 2.53 bits per heavy atom. The summed E-state index contributed by atoms with van der Waals surface area (Å²) < 4.78 is 0. The number of fused-ring (bicyclic) bond motifs is 1. The molecule has 1 heterocycles. The molecule has 0 aromatic heterocycles. The fourth-order valence-corrected chi connectivity index (χ4v) is 4.97. The van der Waals surface area contributed by atoms with E-state index in [4.69, 9.17) is 5.73 Å². The molecule has 2 aliphatic carbocycles. The van der Waals surface area contributed by atoms with Gasteiger partial charge in [0.15, 0.2) is 0 Å². The van der Waals surface area contributed by atoms with Gasteiger partial charge >= 0.3 is 0 Å². The Bertz CT molecular complexity index is 268. The second kappa shape index (κ2) is 4.55. The van der Waals surface area contributed by atoms with Gasteiger partial charge in [-0.2, -0.15) is 0 Å². The zero-order valence-corrected chi connectivity index (χ0v) is 11.3. The number of hydrogen-bond donors (Lipinski definition) is 1. The number of nitrogens with zero attached hydrogens (tertiary/aromatic N) is 1. The van der Waals surface area contributed by atoms with Gasteiger partial charge in [-0.25, -0.2) is 0 Å². The molecule has 0 unspecified atom stereocenters. The standard InChI is InChI=1S/C15H28N2/c1-12-9-15(10-12,11-16)17-8-4-6-13-5-2-3-7-14(13)17/h12-14H,2-11,16H2,1H3/t12?,13-,14-,15?/m1/s1. The summed E-state index contributed by atoms with van der Waals surface area (Å²) in [4.78, 5) is 2.86. The third kappa shape index (κ3) is 1.94. The Balaban J connectivity index is 1.76. The molecule has 17 heavy (non-hydrogen) atoms. The van der Waals surface area contributed by atoms with E-state index in [1.54, 1.807) is 0 Å². The van der Waals surface area contributed by atoms with Crippen molar-refractivity contribution < 1.29 is 0 Å². The van der Waals surface area contributed by atoms with Crippen molar-refractivity contribution in [3.63, 3.8) is 0 Å². The van der Waals surface area contributed by atoms with Crippen LogP contribution < -0.4 is 5.73 Å². The van der Waals surface area contributed by atoms with Gasteiger partial charge in [0.2, 0.25) is 0 Å². The zero-order valence-electron chi connectivity index (χ0n) is 11.3. The first-order valence-corrected chi connectivity index (χ1v) is 7.72. The van der Waals surface area contributed by atoms with Crippen molar-refractivity contribution in [2.45, 2.75) is 69.9 Å². The summed E-state index contributed by atoms with van der Waals surface area (Å²) in [6.45, 7) is 4.60. The molecule has 2 heteroatoms. The van der Waals surface area contributed by atoms with Crippen LogP contribution in [-0.2, 0) is 0 Å². The minimum Gasteiger partial charge on any atom is -0.329 e. The number of rotatable bonds is 2. The Kier molecular flexibility index (Phi) is 3.20. The highest BCUT2D eigenvalue weighted by molar-refractivity contribution is 5.06. The SMILES string of the molecule is CC1CC(CN)(N2CCC[C@H]3CCCC[C@H]32)C1. The molecule has 0 aromatic carbocycles. The normalized spacial score (nSPS) is 47.3. The summed E-state index contributed by atoms with van der Waals surface area (Å²) in [6.07, 6.45) is 11.5.